The Kier molecular flexibility index (Phi) is 5.06. The molecule has 0 unspecified atom stereocenters. The number of amides is 1. The van der Waals surface area contributed by atoms with Crippen molar-refractivity contribution in [3.8, 4) is 0 Å². The van der Waals surface area contributed by atoms with Crippen molar-refractivity contribution >= 4 is 5.91 Å². The van der Waals surface area contributed by atoms with Gasteiger partial charge in [0.1, 0.15) is 0 Å². The van der Waals surface area contributed by atoms with Crippen LogP contribution in [-0.4, -0.2) is 31.3 Å². The summed E-state index contributed by atoms with van der Waals surface area (Å²) in [6, 6.07) is 0. The van der Waals surface area contributed by atoms with E-state index < -0.39 is 17.6 Å². The standard InChI is InChI=1S/C8H16F2N2O3/c1-7(2,14-3)4-5-15-8(9,10)6(13)12-11/h4-5,11H2,1-3H3,(H,12,13). The molecule has 0 heterocycles. The van der Waals surface area contributed by atoms with Gasteiger partial charge in [-0.25, -0.2) is 5.84 Å². The van der Waals surface area contributed by atoms with Crippen molar-refractivity contribution < 1.29 is 23.0 Å². The zero-order valence-corrected chi connectivity index (χ0v) is 8.97. The van der Waals surface area contributed by atoms with Crippen LogP contribution < -0.4 is 11.3 Å². The fourth-order valence-electron chi connectivity index (χ4n) is 0.677. The molecule has 0 aliphatic carbocycles. The minimum atomic E-state index is -3.90. The molecule has 15 heavy (non-hydrogen) atoms. The molecule has 0 fully saturated rings. The Morgan fingerprint density at radius 1 is 1.47 bits per heavy atom. The molecular formula is C8H16F2N2O3. The van der Waals surface area contributed by atoms with Crippen molar-refractivity contribution in [1.82, 2.24) is 5.43 Å². The SMILES string of the molecule is COC(C)(C)CCOC(F)(F)C(=O)NN. The van der Waals surface area contributed by atoms with Gasteiger partial charge in [-0.05, 0) is 20.3 Å². The Hall–Kier alpha value is -0.790. The Morgan fingerprint density at radius 2 is 2.00 bits per heavy atom. The van der Waals surface area contributed by atoms with Gasteiger partial charge in [-0.3, -0.25) is 10.2 Å². The molecule has 7 heteroatoms. The Balaban J connectivity index is 4.00. The van der Waals surface area contributed by atoms with Crippen LogP contribution in [0.2, 0.25) is 0 Å². The highest BCUT2D eigenvalue weighted by Crippen LogP contribution is 2.19. The molecular weight excluding hydrogens is 210 g/mol. The second kappa shape index (κ2) is 5.34. The normalized spacial score (nSPS) is 12.7. The maximum Gasteiger partial charge on any atom is 0.437 e. The molecule has 0 bridgehead atoms. The van der Waals surface area contributed by atoms with Crippen molar-refractivity contribution in [3.63, 3.8) is 0 Å². The fourth-order valence-corrected chi connectivity index (χ4v) is 0.677. The van der Waals surface area contributed by atoms with E-state index in [1.165, 1.54) is 12.5 Å². The van der Waals surface area contributed by atoms with Crippen LogP contribution in [0.4, 0.5) is 8.78 Å². The van der Waals surface area contributed by atoms with Crippen LogP contribution in [0.25, 0.3) is 0 Å². The van der Waals surface area contributed by atoms with Crippen molar-refractivity contribution in [2.45, 2.75) is 32.0 Å². The van der Waals surface area contributed by atoms with E-state index in [0.717, 1.165) is 0 Å². The number of carbonyl (C=O) groups excluding carboxylic acids is 1. The largest absolute Gasteiger partial charge is 0.437 e. The van der Waals surface area contributed by atoms with E-state index in [9.17, 15) is 13.6 Å². The lowest BCUT2D eigenvalue weighted by atomic mass is 10.1. The smallest absolute Gasteiger partial charge is 0.379 e. The maximum absolute atomic E-state index is 12.7. The number of nitrogens with two attached hydrogens (primary N) is 1. The van der Waals surface area contributed by atoms with Gasteiger partial charge in [-0.1, -0.05) is 0 Å². The van der Waals surface area contributed by atoms with Gasteiger partial charge in [-0.2, -0.15) is 8.78 Å². The zero-order chi connectivity index (χ0) is 12.1. The molecule has 0 aromatic rings. The van der Waals surface area contributed by atoms with Crippen LogP contribution in [0.15, 0.2) is 0 Å². The Labute approximate surface area is 86.9 Å². The van der Waals surface area contributed by atoms with E-state index in [-0.39, 0.29) is 13.0 Å². The van der Waals surface area contributed by atoms with E-state index in [0.29, 0.717) is 0 Å². The molecule has 0 saturated carbocycles. The molecule has 90 valence electrons. The Bertz CT molecular complexity index is 222. The van der Waals surface area contributed by atoms with Gasteiger partial charge in [0, 0.05) is 7.11 Å². The summed E-state index contributed by atoms with van der Waals surface area (Å²) in [5.41, 5.74) is 0.748. The molecule has 0 atom stereocenters. The summed E-state index contributed by atoms with van der Waals surface area (Å²) in [6.45, 7) is 3.14. The van der Waals surface area contributed by atoms with E-state index in [2.05, 4.69) is 10.6 Å². The molecule has 0 aromatic heterocycles. The van der Waals surface area contributed by atoms with E-state index in [1.807, 2.05) is 0 Å². The average molecular weight is 226 g/mol. The van der Waals surface area contributed by atoms with E-state index >= 15 is 0 Å². The molecule has 1 amide bonds. The van der Waals surface area contributed by atoms with Crippen molar-refractivity contribution in [2.75, 3.05) is 13.7 Å². The molecule has 0 rings (SSSR count). The first kappa shape index (κ1) is 14.2. The first-order valence-electron chi connectivity index (χ1n) is 4.33. The lowest BCUT2D eigenvalue weighted by molar-refractivity contribution is -0.234. The first-order valence-corrected chi connectivity index (χ1v) is 4.33. The molecule has 0 aromatic carbocycles. The fraction of sp³-hybridized carbons (Fsp3) is 0.875. The molecule has 0 aliphatic rings. The van der Waals surface area contributed by atoms with Crippen LogP contribution in [0.3, 0.4) is 0 Å². The number of carbonyl (C=O) groups is 1. The number of halogens is 2. The number of hydrazine groups is 1. The third kappa shape index (κ3) is 5.01. The predicted molar refractivity (Wildman–Crippen MR) is 48.9 cm³/mol. The topological polar surface area (TPSA) is 73.6 Å². The number of ether oxygens (including phenoxy) is 2. The highest BCUT2D eigenvalue weighted by Gasteiger charge is 2.40. The minimum Gasteiger partial charge on any atom is -0.379 e. The third-order valence-corrected chi connectivity index (χ3v) is 1.94. The van der Waals surface area contributed by atoms with Gasteiger partial charge >= 0.3 is 12.0 Å². The van der Waals surface area contributed by atoms with Crippen molar-refractivity contribution in [2.24, 2.45) is 5.84 Å². The molecule has 0 saturated heterocycles. The van der Waals surface area contributed by atoms with Gasteiger partial charge < -0.3 is 9.47 Å². The summed E-state index contributed by atoms with van der Waals surface area (Å²) in [5.74, 6) is 2.89. The maximum atomic E-state index is 12.7. The quantitative estimate of drug-likeness (QED) is 0.390. The van der Waals surface area contributed by atoms with Gasteiger partial charge in [0.2, 0.25) is 0 Å². The van der Waals surface area contributed by atoms with Gasteiger partial charge in [0.25, 0.3) is 0 Å². The summed E-state index contributed by atoms with van der Waals surface area (Å²) in [4.78, 5) is 10.5. The average Bonchev–Trinajstić information content (AvgIpc) is 2.16. The number of nitrogens with one attached hydrogen (secondary N) is 1. The summed E-state index contributed by atoms with van der Waals surface area (Å²) >= 11 is 0. The second-order valence-electron chi connectivity index (χ2n) is 3.55. The molecule has 5 nitrogen and oxygen atoms in total. The van der Waals surface area contributed by atoms with Gasteiger partial charge in [0.15, 0.2) is 0 Å². The third-order valence-electron chi connectivity index (χ3n) is 1.94. The van der Waals surface area contributed by atoms with Crippen molar-refractivity contribution in [1.29, 1.82) is 0 Å². The van der Waals surface area contributed by atoms with Gasteiger partial charge in [0.05, 0.1) is 12.2 Å². The number of rotatable bonds is 6. The lowest BCUT2D eigenvalue weighted by Gasteiger charge is -2.23. The number of hydrogen-bond donors (Lipinski definition) is 2. The van der Waals surface area contributed by atoms with Crippen molar-refractivity contribution in [3.05, 3.63) is 0 Å². The summed E-state index contributed by atoms with van der Waals surface area (Å²) in [6.07, 6.45) is -3.67. The Morgan fingerprint density at radius 3 is 2.40 bits per heavy atom. The molecule has 3 N–H and O–H groups in total. The minimum absolute atomic E-state index is 0.233. The second-order valence-corrected chi connectivity index (χ2v) is 3.55. The number of methoxy groups -OCH3 is 1. The highest BCUT2D eigenvalue weighted by atomic mass is 19.3. The highest BCUT2D eigenvalue weighted by molar-refractivity contribution is 5.81. The number of hydrogen-bond acceptors (Lipinski definition) is 4. The predicted octanol–water partition coefficient (Wildman–Crippen LogP) is 0.401. The lowest BCUT2D eigenvalue weighted by Crippen LogP contribution is -2.46. The molecule has 0 spiro atoms. The summed E-state index contributed by atoms with van der Waals surface area (Å²) in [7, 11) is 1.46. The molecule has 0 radical (unpaired) electrons. The number of alkyl halides is 2. The monoisotopic (exact) mass is 226 g/mol. The van der Waals surface area contributed by atoms with Crippen LogP contribution in [0.5, 0.6) is 0 Å². The summed E-state index contributed by atoms with van der Waals surface area (Å²) < 4.78 is 34.6. The van der Waals surface area contributed by atoms with Crippen LogP contribution in [0.1, 0.15) is 20.3 Å². The summed E-state index contributed by atoms with van der Waals surface area (Å²) in [5, 5.41) is 0. The van der Waals surface area contributed by atoms with E-state index in [4.69, 9.17) is 4.74 Å². The van der Waals surface area contributed by atoms with E-state index in [1.54, 1.807) is 13.8 Å². The first-order chi connectivity index (χ1) is 6.75. The molecule has 0 aliphatic heterocycles. The van der Waals surface area contributed by atoms with Crippen LogP contribution in [-0.2, 0) is 14.3 Å². The van der Waals surface area contributed by atoms with Crippen LogP contribution >= 0.6 is 0 Å². The zero-order valence-electron chi connectivity index (χ0n) is 8.97. The van der Waals surface area contributed by atoms with Crippen LogP contribution in [0, 0.1) is 0 Å². The van der Waals surface area contributed by atoms with Gasteiger partial charge in [-0.15, -0.1) is 0 Å².